The first-order chi connectivity index (χ1) is 15.0. The van der Waals surface area contributed by atoms with Gasteiger partial charge in [0.05, 0.1) is 12.8 Å². The molecule has 2 aromatic carbocycles. The Bertz CT molecular complexity index is 1000. The molecule has 9 nitrogen and oxygen atoms in total. The van der Waals surface area contributed by atoms with Crippen molar-refractivity contribution in [2.75, 3.05) is 6.61 Å². The second-order valence-corrected chi connectivity index (χ2v) is 6.97. The van der Waals surface area contributed by atoms with Gasteiger partial charge in [-0.3, -0.25) is 4.79 Å². The Kier molecular flexibility index (Phi) is 7.34. The third kappa shape index (κ3) is 6.13. The first kappa shape index (κ1) is 22.0. The maximum Gasteiger partial charge on any atom is 0.335 e. The monoisotopic (exact) mass is 424 g/mol. The third-order valence-electron chi connectivity index (χ3n) is 4.66. The number of benzene rings is 2. The van der Waals surface area contributed by atoms with Crippen molar-refractivity contribution in [2.24, 2.45) is 0 Å². The minimum absolute atomic E-state index is 0.0434. The van der Waals surface area contributed by atoms with E-state index in [1.807, 2.05) is 54.6 Å². The molecule has 3 aromatic rings. The zero-order valence-electron chi connectivity index (χ0n) is 17.0. The highest BCUT2D eigenvalue weighted by Crippen LogP contribution is 2.20. The summed E-state index contributed by atoms with van der Waals surface area (Å²) in [6.45, 7) is 1.80. The van der Waals surface area contributed by atoms with Crippen LogP contribution in [-0.2, 0) is 16.0 Å². The lowest BCUT2D eigenvalue weighted by Crippen LogP contribution is -2.41. The Labute approximate surface area is 179 Å². The summed E-state index contributed by atoms with van der Waals surface area (Å²) >= 11 is 0. The number of hydrogen-bond acceptors (Lipinski definition) is 7. The standard InChI is InChI=1S/C22H24N4O5/c1-2-31-22(29)20(27)13-18(23-21(28)19-14-26(30)25-24-19)12-15-8-10-17(11-9-15)16-6-4-3-5-7-16/h3-11,14,18,20,27,30H,2,12-13H2,1H3,(H,23,28). The normalized spacial score (nSPS) is 12.7. The fourth-order valence-electron chi connectivity index (χ4n) is 3.16. The summed E-state index contributed by atoms with van der Waals surface area (Å²) in [6.07, 6.45) is -0.00611. The molecule has 0 bridgehead atoms. The molecule has 2 atom stereocenters. The topological polar surface area (TPSA) is 127 Å². The molecule has 3 rings (SSSR count). The van der Waals surface area contributed by atoms with Crippen LogP contribution in [-0.4, -0.2) is 56.1 Å². The number of carbonyl (C=O) groups excluding carboxylic acids is 2. The highest BCUT2D eigenvalue weighted by Gasteiger charge is 2.24. The molecular weight excluding hydrogens is 400 g/mol. The van der Waals surface area contributed by atoms with Gasteiger partial charge in [0.1, 0.15) is 0 Å². The van der Waals surface area contributed by atoms with Gasteiger partial charge >= 0.3 is 5.97 Å². The van der Waals surface area contributed by atoms with Crippen LogP contribution in [0.1, 0.15) is 29.4 Å². The summed E-state index contributed by atoms with van der Waals surface area (Å²) in [4.78, 5) is 24.7. The number of nitrogens with zero attached hydrogens (tertiary/aromatic N) is 3. The Balaban J connectivity index is 1.73. The molecule has 0 saturated carbocycles. The zero-order chi connectivity index (χ0) is 22.2. The summed E-state index contributed by atoms with van der Waals surface area (Å²) < 4.78 is 4.85. The van der Waals surface area contributed by atoms with Crippen molar-refractivity contribution in [3.63, 3.8) is 0 Å². The number of aliphatic hydroxyl groups is 1. The molecule has 1 aromatic heterocycles. The third-order valence-corrected chi connectivity index (χ3v) is 4.66. The average molecular weight is 424 g/mol. The number of aliphatic hydroxyl groups excluding tert-OH is 1. The van der Waals surface area contributed by atoms with E-state index in [9.17, 15) is 19.9 Å². The predicted molar refractivity (Wildman–Crippen MR) is 111 cm³/mol. The van der Waals surface area contributed by atoms with E-state index in [1.54, 1.807) is 6.92 Å². The molecule has 162 valence electrons. The quantitative estimate of drug-likeness (QED) is 0.353. The van der Waals surface area contributed by atoms with Crippen molar-refractivity contribution in [1.82, 2.24) is 20.5 Å². The van der Waals surface area contributed by atoms with E-state index in [4.69, 9.17) is 4.74 Å². The maximum absolute atomic E-state index is 12.4. The predicted octanol–water partition coefficient (Wildman–Crippen LogP) is 1.84. The van der Waals surface area contributed by atoms with Crippen molar-refractivity contribution in [2.45, 2.75) is 31.9 Å². The van der Waals surface area contributed by atoms with Gasteiger partial charge in [-0.25, -0.2) is 4.79 Å². The Morgan fingerprint density at radius 1 is 1.10 bits per heavy atom. The number of amides is 1. The first-order valence-electron chi connectivity index (χ1n) is 9.87. The lowest BCUT2D eigenvalue weighted by Gasteiger charge is -2.21. The van der Waals surface area contributed by atoms with Gasteiger partial charge in [-0.1, -0.05) is 59.4 Å². The highest BCUT2D eigenvalue weighted by molar-refractivity contribution is 5.92. The van der Waals surface area contributed by atoms with Crippen LogP contribution >= 0.6 is 0 Å². The number of esters is 1. The largest absolute Gasteiger partial charge is 0.464 e. The van der Waals surface area contributed by atoms with E-state index < -0.39 is 24.0 Å². The van der Waals surface area contributed by atoms with Gasteiger partial charge in [0, 0.05) is 12.5 Å². The number of carbonyl (C=O) groups is 2. The molecule has 31 heavy (non-hydrogen) atoms. The lowest BCUT2D eigenvalue weighted by molar-refractivity contribution is -0.153. The second-order valence-electron chi connectivity index (χ2n) is 6.97. The smallest absolute Gasteiger partial charge is 0.335 e. The summed E-state index contributed by atoms with van der Waals surface area (Å²) in [6, 6.07) is 17.1. The van der Waals surface area contributed by atoms with Gasteiger partial charge in [0.15, 0.2) is 11.8 Å². The number of ether oxygens (including phenoxy) is 1. The molecule has 1 heterocycles. The Morgan fingerprint density at radius 3 is 2.39 bits per heavy atom. The number of rotatable bonds is 9. The molecule has 0 spiro atoms. The first-order valence-corrected chi connectivity index (χ1v) is 9.87. The van der Waals surface area contributed by atoms with Crippen LogP contribution < -0.4 is 5.32 Å². The lowest BCUT2D eigenvalue weighted by atomic mass is 9.97. The van der Waals surface area contributed by atoms with Gasteiger partial charge in [-0.15, -0.1) is 5.10 Å². The summed E-state index contributed by atoms with van der Waals surface area (Å²) in [5.74, 6) is -1.33. The van der Waals surface area contributed by atoms with Crippen LogP contribution in [0.4, 0.5) is 0 Å². The zero-order valence-corrected chi connectivity index (χ0v) is 17.0. The summed E-state index contributed by atoms with van der Waals surface area (Å²) in [7, 11) is 0. The van der Waals surface area contributed by atoms with E-state index in [2.05, 4.69) is 15.6 Å². The Morgan fingerprint density at radius 2 is 1.77 bits per heavy atom. The molecule has 0 radical (unpaired) electrons. The minimum atomic E-state index is -1.39. The molecule has 0 aliphatic carbocycles. The van der Waals surface area contributed by atoms with Gasteiger partial charge in [0.25, 0.3) is 5.91 Å². The molecule has 2 unspecified atom stereocenters. The number of aromatic nitrogens is 3. The van der Waals surface area contributed by atoms with E-state index in [0.29, 0.717) is 11.3 Å². The number of nitrogens with one attached hydrogen (secondary N) is 1. The van der Waals surface area contributed by atoms with Crippen LogP contribution in [0.3, 0.4) is 0 Å². The maximum atomic E-state index is 12.4. The van der Waals surface area contributed by atoms with Crippen molar-refractivity contribution in [1.29, 1.82) is 0 Å². The van der Waals surface area contributed by atoms with E-state index in [0.717, 1.165) is 22.9 Å². The SMILES string of the molecule is CCOC(=O)C(O)CC(Cc1ccc(-c2ccccc2)cc1)NC(=O)c1cn(O)nn1. The van der Waals surface area contributed by atoms with Crippen molar-refractivity contribution < 1.29 is 24.6 Å². The fraction of sp³-hybridized carbons (Fsp3) is 0.273. The molecule has 3 N–H and O–H groups in total. The van der Waals surface area contributed by atoms with Gasteiger partial charge < -0.3 is 20.4 Å². The molecular formula is C22H24N4O5. The van der Waals surface area contributed by atoms with E-state index in [1.165, 1.54) is 0 Å². The molecule has 0 fully saturated rings. The van der Waals surface area contributed by atoms with Crippen molar-refractivity contribution in [3.8, 4) is 11.1 Å². The van der Waals surface area contributed by atoms with Gasteiger partial charge in [0.2, 0.25) is 0 Å². The minimum Gasteiger partial charge on any atom is -0.464 e. The van der Waals surface area contributed by atoms with Crippen LogP contribution in [0.15, 0.2) is 60.8 Å². The molecule has 0 aliphatic rings. The van der Waals surface area contributed by atoms with E-state index >= 15 is 0 Å². The fourth-order valence-corrected chi connectivity index (χ4v) is 3.16. The molecule has 9 heteroatoms. The van der Waals surface area contributed by atoms with Gasteiger partial charge in [-0.05, 0) is 35.2 Å². The van der Waals surface area contributed by atoms with Crippen LogP contribution in [0.25, 0.3) is 11.1 Å². The average Bonchev–Trinajstić information content (AvgIpc) is 3.21. The van der Waals surface area contributed by atoms with Crippen molar-refractivity contribution >= 4 is 11.9 Å². The van der Waals surface area contributed by atoms with Crippen LogP contribution in [0.2, 0.25) is 0 Å². The van der Waals surface area contributed by atoms with Crippen LogP contribution in [0, 0.1) is 0 Å². The van der Waals surface area contributed by atoms with Crippen molar-refractivity contribution in [3.05, 3.63) is 72.1 Å². The Hall–Kier alpha value is -3.72. The molecule has 1 amide bonds. The number of hydrogen-bond donors (Lipinski definition) is 3. The van der Waals surface area contributed by atoms with Gasteiger partial charge in [-0.2, -0.15) is 0 Å². The molecule has 0 aliphatic heterocycles. The second kappa shape index (κ2) is 10.4. The molecule has 0 saturated heterocycles. The van der Waals surface area contributed by atoms with E-state index in [-0.39, 0.29) is 18.7 Å². The highest BCUT2D eigenvalue weighted by atomic mass is 16.5. The summed E-state index contributed by atoms with van der Waals surface area (Å²) in [5.41, 5.74) is 2.96. The summed E-state index contributed by atoms with van der Waals surface area (Å²) in [5, 5.41) is 29.0. The van der Waals surface area contributed by atoms with Crippen LogP contribution in [0.5, 0.6) is 0 Å².